The molecule has 0 saturated heterocycles. The third kappa shape index (κ3) is 11.6. The molecule has 0 bridgehead atoms. The minimum absolute atomic E-state index is 0.123. The number of carboxylic acids is 1. The van der Waals surface area contributed by atoms with Crippen molar-refractivity contribution in [1.82, 2.24) is 16.0 Å². The zero-order valence-corrected chi connectivity index (χ0v) is 25.5. The average molecular weight is 634 g/mol. The molecule has 244 valence electrons. The van der Waals surface area contributed by atoms with Crippen molar-refractivity contribution < 1.29 is 38.6 Å². The molecule has 0 aliphatic heterocycles. The van der Waals surface area contributed by atoms with Crippen molar-refractivity contribution in [3.63, 3.8) is 0 Å². The molecule has 0 aromatic heterocycles. The second-order valence-corrected chi connectivity index (χ2v) is 10.7. The summed E-state index contributed by atoms with van der Waals surface area (Å²) in [5.41, 5.74) is 7.81. The Labute approximate surface area is 266 Å². The van der Waals surface area contributed by atoms with Gasteiger partial charge in [0.05, 0.1) is 6.42 Å². The highest BCUT2D eigenvalue weighted by Crippen LogP contribution is 2.27. The van der Waals surface area contributed by atoms with Crippen LogP contribution in [0.4, 0.5) is 10.5 Å². The fourth-order valence-electron chi connectivity index (χ4n) is 4.70. The van der Waals surface area contributed by atoms with Crippen molar-refractivity contribution in [1.29, 1.82) is 0 Å². The first-order chi connectivity index (χ1) is 22.0. The number of nitrogens with two attached hydrogens (primary N) is 1. The van der Waals surface area contributed by atoms with E-state index in [0.29, 0.717) is 42.6 Å². The van der Waals surface area contributed by atoms with Gasteiger partial charge in [-0.2, -0.15) is 0 Å². The Hall–Kier alpha value is -5.46. The molecule has 2 atom stereocenters. The molecule has 2 aromatic rings. The predicted octanol–water partition coefficient (Wildman–Crippen LogP) is 3.03. The van der Waals surface area contributed by atoms with E-state index in [1.807, 2.05) is 18.2 Å². The first kappa shape index (κ1) is 35.0. The summed E-state index contributed by atoms with van der Waals surface area (Å²) < 4.78 is 5.23. The topological polar surface area (TPSA) is 206 Å². The van der Waals surface area contributed by atoms with Crippen molar-refractivity contribution >= 4 is 41.4 Å². The van der Waals surface area contributed by atoms with Crippen molar-refractivity contribution in [3.8, 4) is 11.1 Å². The molecule has 7 N–H and O–H groups in total. The van der Waals surface area contributed by atoms with Crippen LogP contribution in [0.25, 0.3) is 11.1 Å². The Morgan fingerprint density at radius 3 is 2.39 bits per heavy atom. The number of hydrogen-bond acceptors (Lipinski definition) is 7. The lowest BCUT2D eigenvalue weighted by atomic mass is 9.97. The van der Waals surface area contributed by atoms with Gasteiger partial charge < -0.3 is 36.8 Å². The number of allylic oxidation sites excluding steroid dienone is 3. The third-order valence-electron chi connectivity index (χ3n) is 7.02. The molecule has 0 unspecified atom stereocenters. The van der Waals surface area contributed by atoms with Crippen LogP contribution in [-0.2, 0) is 23.9 Å². The summed E-state index contributed by atoms with van der Waals surface area (Å²) in [4.78, 5) is 73.1. The van der Waals surface area contributed by atoms with Crippen LogP contribution in [0.2, 0.25) is 0 Å². The highest BCUT2D eigenvalue weighted by molar-refractivity contribution is 6.05. The quantitative estimate of drug-likeness (QED) is 0.151. The lowest BCUT2D eigenvalue weighted by Gasteiger charge is -2.19. The number of primary amides is 1. The Kier molecular flexibility index (Phi) is 13.5. The number of unbranched alkanes of at least 4 members (excludes halogenated alkanes) is 1. The third-order valence-corrected chi connectivity index (χ3v) is 7.02. The second kappa shape index (κ2) is 17.7. The van der Waals surface area contributed by atoms with Crippen molar-refractivity contribution in [3.05, 3.63) is 77.9 Å². The first-order valence-electron chi connectivity index (χ1n) is 14.9. The Morgan fingerprint density at radius 2 is 1.74 bits per heavy atom. The number of rotatable bonds is 16. The summed E-state index contributed by atoms with van der Waals surface area (Å²) in [5.74, 6) is -3.90. The zero-order chi connectivity index (χ0) is 33.5. The number of nitrogens with one attached hydrogen (secondary N) is 4. The van der Waals surface area contributed by atoms with Crippen LogP contribution >= 0.6 is 0 Å². The number of carboxylic acid groups (broad SMARTS) is 1. The standard InChI is InChI=1S/C33H39N5O8/c1-21(39)36-27(14-8-9-17-35-33(45)46-20-22-10-4-2-5-11-22)32(44)37-24-15-16-25(26(18-24)23-12-6-3-7-13-23)31(43)38-28(30(34)42)19-29(40)41/h2-4,6-7,10,12-13,15-16,18,27-28H,5,8-9,11,14,17,19-20H2,1H3,(H2,34,42)(H,35,45)(H,36,39)(H,37,44)(H,38,43)(H,40,41)/t27-,28-/m0/s1. The van der Waals surface area contributed by atoms with Gasteiger partial charge >= 0.3 is 12.1 Å². The SMILES string of the molecule is CC(=O)N[C@@H](CCCCNC(=O)OCC1=CC=CCC1)C(=O)Nc1ccc(C(=O)N[C@@H](CC(=O)O)C(N)=O)c(-c2ccccc2)c1. The van der Waals surface area contributed by atoms with Gasteiger partial charge in [0, 0.05) is 24.7 Å². The predicted molar refractivity (Wildman–Crippen MR) is 170 cm³/mol. The highest BCUT2D eigenvalue weighted by atomic mass is 16.5. The maximum Gasteiger partial charge on any atom is 0.407 e. The van der Waals surface area contributed by atoms with Crippen molar-refractivity contribution in [2.45, 2.75) is 57.5 Å². The highest BCUT2D eigenvalue weighted by Gasteiger charge is 2.25. The van der Waals surface area contributed by atoms with Crippen LogP contribution in [0, 0.1) is 0 Å². The Bertz CT molecular complexity index is 1490. The van der Waals surface area contributed by atoms with Crippen LogP contribution in [-0.4, -0.2) is 66.0 Å². The van der Waals surface area contributed by atoms with Gasteiger partial charge in [-0.1, -0.05) is 48.6 Å². The van der Waals surface area contributed by atoms with Crippen LogP contribution in [0.3, 0.4) is 0 Å². The lowest BCUT2D eigenvalue weighted by Crippen LogP contribution is -2.45. The maximum atomic E-state index is 13.2. The van der Waals surface area contributed by atoms with Crippen LogP contribution in [0.15, 0.2) is 72.3 Å². The Balaban J connectivity index is 1.64. The number of aliphatic carboxylic acids is 1. The van der Waals surface area contributed by atoms with Gasteiger partial charge in [0.2, 0.25) is 17.7 Å². The van der Waals surface area contributed by atoms with Crippen molar-refractivity contribution in [2.75, 3.05) is 18.5 Å². The summed E-state index contributed by atoms with van der Waals surface area (Å²) in [5, 5.41) is 19.6. The number of anilines is 1. The minimum atomic E-state index is -1.43. The van der Waals surface area contributed by atoms with Crippen molar-refractivity contribution in [2.24, 2.45) is 5.73 Å². The lowest BCUT2D eigenvalue weighted by molar-refractivity contribution is -0.139. The summed E-state index contributed by atoms with van der Waals surface area (Å²) in [7, 11) is 0. The van der Waals surface area contributed by atoms with Gasteiger partial charge in [-0.25, -0.2) is 4.79 Å². The normalized spacial score (nSPS) is 13.4. The van der Waals surface area contributed by atoms with E-state index in [1.54, 1.807) is 36.4 Å². The fourth-order valence-corrected chi connectivity index (χ4v) is 4.70. The Morgan fingerprint density at radius 1 is 0.978 bits per heavy atom. The monoisotopic (exact) mass is 633 g/mol. The van der Waals surface area contributed by atoms with E-state index in [1.165, 1.54) is 19.1 Å². The van der Waals surface area contributed by atoms with E-state index >= 15 is 0 Å². The van der Waals surface area contributed by atoms with Gasteiger partial charge in [-0.15, -0.1) is 0 Å². The largest absolute Gasteiger partial charge is 0.481 e. The van der Waals surface area contributed by atoms with Gasteiger partial charge in [-0.05, 0) is 67.0 Å². The summed E-state index contributed by atoms with van der Waals surface area (Å²) in [6, 6.07) is 11.0. The van der Waals surface area contributed by atoms with E-state index in [0.717, 1.165) is 18.4 Å². The molecule has 13 nitrogen and oxygen atoms in total. The van der Waals surface area contributed by atoms with E-state index in [9.17, 15) is 28.8 Å². The summed E-state index contributed by atoms with van der Waals surface area (Å²) >= 11 is 0. The average Bonchev–Trinajstić information content (AvgIpc) is 3.03. The number of carbonyl (C=O) groups excluding carboxylic acids is 5. The van der Waals surface area contributed by atoms with E-state index < -0.39 is 54.2 Å². The molecule has 1 aliphatic rings. The van der Waals surface area contributed by atoms with E-state index in [4.69, 9.17) is 15.6 Å². The number of benzene rings is 2. The smallest absolute Gasteiger partial charge is 0.407 e. The summed E-state index contributed by atoms with van der Waals surface area (Å²) in [6.45, 7) is 1.87. The molecule has 0 fully saturated rings. The molecule has 2 aromatic carbocycles. The minimum Gasteiger partial charge on any atom is -0.481 e. The molecule has 0 radical (unpaired) electrons. The molecular weight excluding hydrogens is 594 g/mol. The molecule has 13 heteroatoms. The molecule has 0 heterocycles. The van der Waals surface area contributed by atoms with Crippen LogP contribution in [0.1, 0.15) is 55.8 Å². The molecule has 46 heavy (non-hydrogen) atoms. The van der Waals surface area contributed by atoms with Crippen LogP contribution in [0.5, 0.6) is 0 Å². The number of amides is 5. The summed E-state index contributed by atoms with van der Waals surface area (Å²) in [6.07, 6.45) is 7.85. The number of alkyl carbamates (subject to hydrolysis) is 1. The second-order valence-electron chi connectivity index (χ2n) is 10.7. The molecule has 5 amide bonds. The number of carbonyl (C=O) groups is 6. The fraction of sp³-hybridized carbons (Fsp3) is 0.333. The molecular formula is C33H39N5O8. The molecule has 0 spiro atoms. The van der Waals surface area contributed by atoms with E-state index in [2.05, 4.69) is 21.3 Å². The first-order valence-corrected chi connectivity index (χ1v) is 14.9. The van der Waals surface area contributed by atoms with E-state index in [-0.39, 0.29) is 12.2 Å². The molecule has 0 saturated carbocycles. The number of hydrogen-bond donors (Lipinski definition) is 6. The van der Waals surface area contributed by atoms with Crippen LogP contribution < -0.4 is 27.0 Å². The molecule has 3 rings (SSSR count). The van der Waals surface area contributed by atoms with Gasteiger partial charge in [0.15, 0.2) is 0 Å². The van der Waals surface area contributed by atoms with Gasteiger partial charge in [-0.3, -0.25) is 24.0 Å². The number of ether oxygens (including phenoxy) is 1. The zero-order valence-electron chi connectivity index (χ0n) is 25.5. The van der Waals surface area contributed by atoms with Gasteiger partial charge in [0.1, 0.15) is 18.7 Å². The van der Waals surface area contributed by atoms with Gasteiger partial charge in [0.25, 0.3) is 5.91 Å². The molecule has 1 aliphatic carbocycles. The maximum absolute atomic E-state index is 13.2.